The minimum Gasteiger partial charge on any atom is -0.457 e. The Labute approximate surface area is 177 Å². The Kier molecular flexibility index (Phi) is 8.96. The molecule has 1 heterocycles. The van der Waals surface area contributed by atoms with Gasteiger partial charge in [0.15, 0.2) is 0 Å². The van der Waals surface area contributed by atoms with Gasteiger partial charge in [-0.3, -0.25) is 9.59 Å². The van der Waals surface area contributed by atoms with E-state index in [-0.39, 0.29) is 30.3 Å². The molecule has 29 heavy (non-hydrogen) atoms. The van der Waals surface area contributed by atoms with E-state index in [1.54, 1.807) is 12.1 Å². The van der Waals surface area contributed by atoms with Crippen LogP contribution in [0.15, 0.2) is 54.6 Å². The third kappa shape index (κ3) is 6.48. The monoisotopic (exact) mass is 417 g/mol. The van der Waals surface area contributed by atoms with Gasteiger partial charge in [-0.2, -0.15) is 0 Å². The Hall–Kier alpha value is -2.57. The molecule has 0 aromatic heterocycles. The second-order valence-corrected chi connectivity index (χ2v) is 6.93. The van der Waals surface area contributed by atoms with Crippen LogP contribution in [0.3, 0.4) is 0 Å². The topological polar surface area (TPSA) is 84.7 Å². The molecule has 0 bridgehead atoms. The van der Waals surface area contributed by atoms with Gasteiger partial charge in [-0.25, -0.2) is 0 Å². The lowest BCUT2D eigenvalue weighted by atomic mass is 10.0. The molecule has 1 fully saturated rings. The highest BCUT2D eigenvalue weighted by atomic mass is 35.5. The molecule has 1 aliphatic rings. The highest BCUT2D eigenvalue weighted by Gasteiger charge is 2.27. The zero-order chi connectivity index (χ0) is 19.8. The summed E-state index contributed by atoms with van der Waals surface area (Å²) in [6, 6.07) is 16.7. The zero-order valence-electron chi connectivity index (χ0n) is 16.4. The van der Waals surface area contributed by atoms with E-state index < -0.39 is 0 Å². The van der Waals surface area contributed by atoms with E-state index in [4.69, 9.17) is 10.5 Å². The molecule has 156 valence electrons. The highest BCUT2D eigenvalue weighted by molar-refractivity contribution is 5.94. The summed E-state index contributed by atoms with van der Waals surface area (Å²) in [5, 5.41) is 2.89. The van der Waals surface area contributed by atoms with Gasteiger partial charge in [0, 0.05) is 37.7 Å². The lowest BCUT2D eigenvalue weighted by Gasteiger charge is -2.36. The Morgan fingerprint density at radius 3 is 2.41 bits per heavy atom. The molecule has 3 rings (SSSR count). The molecule has 0 spiro atoms. The van der Waals surface area contributed by atoms with Crippen molar-refractivity contribution >= 4 is 24.2 Å². The second kappa shape index (κ2) is 11.4. The maximum atomic E-state index is 13.0. The fourth-order valence-electron chi connectivity index (χ4n) is 3.39. The van der Waals surface area contributed by atoms with Crippen LogP contribution in [-0.2, 0) is 4.79 Å². The van der Waals surface area contributed by atoms with Crippen LogP contribution >= 0.6 is 12.4 Å². The number of likely N-dealkylation sites (tertiary alicyclic amines) is 1. The first-order valence-electron chi connectivity index (χ1n) is 9.78. The van der Waals surface area contributed by atoms with E-state index in [2.05, 4.69) is 5.32 Å². The van der Waals surface area contributed by atoms with Crippen LogP contribution in [0.2, 0.25) is 0 Å². The summed E-state index contributed by atoms with van der Waals surface area (Å²) >= 11 is 0. The van der Waals surface area contributed by atoms with E-state index in [9.17, 15) is 9.59 Å². The molecule has 7 heteroatoms. The number of nitrogens with two attached hydrogens (primary N) is 1. The predicted octanol–water partition coefficient (Wildman–Crippen LogP) is 3.36. The summed E-state index contributed by atoms with van der Waals surface area (Å²) in [5.74, 6) is 1.37. The number of rotatable bonds is 7. The Balaban J connectivity index is 0.00000300. The van der Waals surface area contributed by atoms with Crippen molar-refractivity contribution in [3.05, 3.63) is 60.2 Å². The van der Waals surface area contributed by atoms with Gasteiger partial charge in [-0.1, -0.05) is 18.2 Å². The first-order valence-corrected chi connectivity index (χ1v) is 9.78. The van der Waals surface area contributed by atoms with Gasteiger partial charge in [0.1, 0.15) is 11.5 Å². The number of hydrogen-bond acceptors (Lipinski definition) is 4. The van der Waals surface area contributed by atoms with Crippen molar-refractivity contribution in [3.63, 3.8) is 0 Å². The summed E-state index contributed by atoms with van der Waals surface area (Å²) in [7, 11) is 0. The summed E-state index contributed by atoms with van der Waals surface area (Å²) in [6.45, 7) is 1.51. The van der Waals surface area contributed by atoms with Gasteiger partial charge in [0.05, 0.1) is 0 Å². The quantitative estimate of drug-likeness (QED) is 0.723. The number of amides is 2. The standard InChI is InChI=1S/C22H27N3O3.ClH/c23-14-13-21(26)24-16-18-6-4-5-15-25(18)22(27)17-9-11-20(12-10-17)28-19-7-2-1-3-8-19;/h1-3,7-12,18H,4-6,13-16,23H2,(H,24,26);1H. The minimum absolute atomic E-state index is 0. The number of nitrogens with one attached hydrogen (secondary N) is 1. The van der Waals surface area contributed by atoms with Crippen LogP contribution in [0.1, 0.15) is 36.0 Å². The first-order chi connectivity index (χ1) is 13.7. The molecular formula is C22H28ClN3O3. The molecule has 2 aromatic carbocycles. The maximum absolute atomic E-state index is 13.0. The van der Waals surface area contributed by atoms with Gasteiger partial charge in [-0.05, 0) is 55.7 Å². The van der Waals surface area contributed by atoms with Crippen molar-refractivity contribution in [3.8, 4) is 11.5 Å². The number of benzene rings is 2. The Bertz CT molecular complexity index is 784. The van der Waals surface area contributed by atoms with Crippen LogP contribution < -0.4 is 15.8 Å². The number of carbonyl (C=O) groups excluding carboxylic acids is 2. The normalized spacial score (nSPS) is 15.9. The molecule has 3 N–H and O–H groups in total. The third-order valence-corrected chi connectivity index (χ3v) is 4.87. The minimum atomic E-state index is -0.0668. The number of ether oxygens (including phenoxy) is 1. The molecule has 1 saturated heterocycles. The van der Waals surface area contributed by atoms with Gasteiger partial charge < -0.3 is 20.7 Å². The van der Waals surface area contributed by atoms with Gasteiger partial charge in [-0.15, -0.1) is 12.4 Å². The Morgan fingerprint density at radius 2 is 1.72 bits per heavy atom. The molecule has 2 amide bonds. The van der Waals surface area contributed by atoms with Crippen molar-refractivity contribution in [2.45, 2.75) is 31.7 Å². The second-order valence-electron chi connectivity index (χ2n) is 6.93. The molecule has 0 aliphatic carbocycles. The van der Waals surface area contributed by atoms with Crippen LogP contribution in [-0.4, -0.2) is 42.4 Å². The van der Waals surface area contributed by atoms with Gasteiger partial charge >= 0.3 is 0 Å². The van der Waals surface area contributed by atoms with E-state index in [1.165, 1.54) is 0 Å². The van der Waals surface area contributed by atoms with Crippen molar-refractivity contribution in [2.75, 3.05) is 19.6 Å². The van der Waals surface area contributed by atoms with Crippen molar-refractivity contribution in [2.24, 2.45) is 5.73 Å². The number of halogens is 1. The molecule has 0 radical (unpaired) electrons. The number of carbonyl (C=O) groups is 2. The van der Waals surface area contributed by atoms with Gasteiger partial charge in [0.25, 0.3) is 5.91 Å². The Morgan fingerprint density at radius 1 is 1.03 bits per heavy atom. The average Bonchev–Trinajstić information content (AvgIpc) is 2.73. The number of piperidine rings is 1. The number of nitrogens with zero attached hydrogens (tertiary/aromatic N) is 1. The molecule has 1 aliphatic heterocycles. The molecule has 2 aromatic rings. The lowest BCUT2D eigenvalue weighted by Crippen LogP contribution is -2.49. The van der Waals surface area contributed by atoms with Crippen LogP contribution in [0.25, 0.3) is 0 Å². The van der Waals surface area contributed by atoms with E-state index >= 15 is 0 Å². The lowest BCUT2D eigenvalue weighted by molar-refractivity contribution is -0.121. The maximum Gasteiger partial charge on any atom is 0.254 e. The van der Waals surface area contributed by atoms with E-state index in [1.807, 2.05) is 47.4 Å². The van der Waals surface area contributed by atoms with Crippen molar-refractivity contribution < 1.29 is 14.3 Å². The fraction of sp³-hybridized carbons (Fsp3) is 0.364. The highest BCUT2D eigenvalue weighted by Crippen LogP contribution is 2.23. The van der Waals surface area contributed by atoms with E-state index in [0.717, 1.165) is 25.0 Å². The van der Waals surface area contributed by atoms with Crippen molar-refractivity contribution in [1.82, 2.24) is 10.2 Å². The largest absolute Gasteiger partial charge is 0.457 e. The molecule has 1 atom stereocenters. The smallest absolute Gasteiger partial charge is 0.254 e. The summed E-state index contributed by atoms with van der Waals surface area (Å²) < 4.78 is 5.78. The van der Waals surface area contributed by atoms with Crippen LogP contribution in [0.5, 0.6) is 11.5 Å². The van der Waals surface area contributed by atoms with Crippen LogP contribution in [0, 0.1) is 0 Å². The summed E-state index contributed by atoms with van der Waals surface area (Å²) in [5.41, 5.74) is 6.04. The zero-order valence-corrected chi connectivity index (χ0v) is 17.2. The van der Waals surface area contributed by atoms with E-state index in [0.29, 0.717) is 37.4 Å². The first kappa shape index (κ1) is 22.7. The van der Waals surface area contributed by atoms with Crippen molar-refractivity contribution in [1.29, 1.82) is 0 Å². The molecular weight excluding hydrogens is 390 g/mol. The third-order valence-electron chi connectivity index (χ3n) is 4.87. The number of hydrogen-bond donors (Lipinski definition) is 2. The summed E-state index contributed by atoms with van der Waals surface area (Å²) in [4.78, 5) is 26.6. The molecule has 6 nitrogen and oxygen atoms in total. The summed E-state index contributed by atoms with van der Waals surface area (Å²) in [6.07, 6.45) is 3.24. The van der Waals surface area contributed by atoms with Gasteiger partial charge in [0.2, 0.25) is 5.91 Å². The molecule has 0 saturated carbocycles. The van der Waals surface area contributed by atoms with Crippen LogP contribution in [0.4, 0.5) is 0 Å². The molecule has 1 unspecified atom stereocenters. The SMILES string of the molecule is Cl.NCCC(=O)NCC1CCCCN1C(=O)c1ccc(Oc2ccccc2)cc1. The predicted molar refractivity (Wildman–Crippen MR) is 116 cm³/mol. The number of para-hydroxylation sites is 1. The average molecular weight is 418 g/mol. The fourth-order valence-corrected chi connectivity index (χ4v) is 3.39.